The van der Waals surface area contributed by atoms with Gasteiger partial charge in [0.2, 0.25) is 0 Å². The number of hydrogen-bond acceptors (Lipinski definition) is 0. The number of allylic oxidation sites excluding steroid dienone is 2. The van der Waals surface area contributed by atoms with E-state index < -0.39 is 0 Å². The molecule has 0 heteroatoms. The SMILES string of the molecule is [CH2+]C/C=C/C. The largest absolute Gasteiger partial charge is 0.103 e. The van der Waals surface area contributed by atoms with Crippen LogP contribution in [-0.2, 0) is 0 Å². The van der Waals surface area contributed by atoms with Crippen molar-refractivity contribution >= 4 is 0 Å². The van der Waals surface area contributed by atoms with Crippen LogP contribution in [0, 0.1) is 6.92 Å². The zero-order valence-electron chi connectivity index (χ0n) is 3.57. The molecule has 0 saturated heterocycles. The molecule has 0 bridgehead atoms. The van der Waals surface area contributed by atoms with Crippen LogP contribution in [0.25, 0.3) is 0 Å². The van der Waals surface area contributed by atoms with Gasteiger partial charge >= 0.3 is 0 Å². The van der Waals surface area contributed by atoms with E-state index in [2.05, 4.69) is 6.92 Å². The first-order valence-corrected chi connectivity index (χ1v) is 1.82. The molecular formula is C5H9+. The molecule has 0 atom stereocenters. The van der Waals surface area contributed by atoms with Gasteiger partial charge in [-0.25, -0.2) is 0 Å². The molecule has 0 amide bonds. The van der Waals surface area contributed by atoms with E-state index in [4.69, 9.17) is 0 Å². The molecule has 0 fully saturated rings. The second-order valence-corrected chi connectivity index (χ2v) is 0.858. The Labute approximate surface area is 33.5 Å². The van der Waals surface area contributed by atoms with E-state index in [1.807, 2.05) is 19.1 Å². The van der Waals surface area contributed by atoms with Gasteiger partial charge < -0.3 is 0 Å². The topological polar surface area (TPSA) is 0 Å². The Hall–Kier alpha value is -0.390. The van der Waals surface area contributed by atoms with Crippen molar-refractivity contribution in [2.24, 2.45) is 0 Å². The summed E-state index contributed by atoms with van der Waals surface area (Å²) < 4.78 is 0. The molecule has 0 aliphatic heterocycles. The molecule has 0 rings (SSSR count). The second-order valence-electron chi connectivity index (χ2n) is 0.858. The van der Waals surface area contributed by atoms with Crippen molar-refractivity contribution in [1.82, 2.24) is 0 Å². The molecule has 0 heterocycles. The Balaban J connectivity index is 2.62. The van der Waals surface area contributed by atoms with Crippen molar-refractivity contribution in [2.45, 2.75) is 13.3 Å². The molecule has 0 radical (unpaired) electrons. The van der Waals surface area contributed by atoms with Crippen LogP contribution in [-0.4, -0.2) is 0 Å². The molecule has 0 spiro atoms. The zero-order chi connectivity index (χ0) is 4.12. The Morgan fingerprint density at radius 1 is 1.80 bits per heavy atom. The second kappa shape index (κ2) is 3.61. The quantitative estimate of drug-likeness (QED) is 0.325. The van der Waals surface area contributed by atoms with Gasteiger partial charge in [0, 0.05) is 0 Å². The summed E-state index contributed by atoms with van der Waals surface area (Å²) in [5, 5.41) is 0. The van der Waals surface area contributed by atoms with Gasteiger partial charge in [0.15, 0.2) is 0 Å². The van der Waals surface area contributed by atoms with Crippen LogP contribution in [0.3, 0.4) is 0 Å². The van der Waals surface area contributed by atoms with Gasteiger partial charge in [0.25, 0.3) is 0 Å². The minimum atomic E-state index is 0.913. The zero-order valence-corrected chi connectivity index (χ0v) is 3.57. The third kappa shape index (κ3) is 3.61. The van der Waals surface area contributed by atoms with Crippen LogP contribution >= 0.6 is 0 Å². The molecule has 0 N–H and O–H groups in total. The van der Waals surface area contributed by atoms with Crippen molar-refractivity contribution in [1.29, 1.82) is 0 Å². The summed E-state index contributed by atoms with van der Waals surface area (Å²) in [6.45, 7) is 5.58. The first kappa shape index (κ1) is 4.61. The summed E-state index contributed by atoms with van der Waals surface area (Å²) in [7, 11) is 0. The number of rotatable bonds is 1. The molecule has 5 heavy (non-hydrogen) atoms. The fourth-order valence-electron chi connectivity index (χ4n) is 0.167. The summed E-state index contributed by atoms with van der Waals surface area (Å²) in [4.78, 5) is 0. The molecule has 0 aromatic heterocycles. The van der Waals surface area contributed by atoms with Gasteiger partial charge in [-0.3, -0.25) is 0 Å². The standard InChI is InChI=1S/C5H9/c1-3-5-4-2/h4-5H,1,3H2,2H3/q+1/b5-4+. The first-order chi connectivity index (χ1) is 2.41. The average Bonchev–Trinajstić information content (AvgIpc) is 1.41. The van der Waals surface area contributed by atoms with Gasteiger partial charge in [0.1, 0.15) is 6.42 Å². The molecule has 28 valence electrons. The Kier molecular flexibility index (Phi) is 3.33. The van der Waals surface area contributed by atoms with E-state index >= 15 is 0 Å². The van der Waals surface area contributed by atoms with Crippen molar-refractivity contribution in [3.8, 4) is 0 Å². The molecular weight excluding hydrogens is 60.1 g/mol. The Morgan fingerprint density at radius 3 is 2.40 bits per heavy atom. The maximum atomic E-state index is 3.59. The van der Waals surface area contributed by atoms with Crippen LogP contribution in [0.2, 0.25) is 0 Å². The van der Waals surface area contributed by atoms with E-state index in [1.54, 1.807) is 0 Å². The Morgan fingerprint density at radius 2 is 2.40 bits per heavy atom. The predicted molar refractivity (Wildman–Crippen MR) is 24.8 cm³/mol. The smallest absolute Gasteiger partial charge is 0.0875 e. The van der Waals surface area contributed by atoms with Crippen molar-refractivity contribution in [3.63, 3.8) is 0 Å². The van der Waals surface area contributed by atoms with Crippen LogP contribution in [0.4, 0.5) is 0 Å². The highest BCUT2D eigenvalue weighted by Crippen LogP contribution is 1.72. The lowest BCUT2D eigenvalue weighted by Gasteiger charge is -1.58. The molecule has 0 nitrogen and oxygen atoms in total. The van der Waals surface area contributed by atoms with E-state index in [0.29, 0.717) is 0 Å². The summed E-state index contributed by atoms with van der Waals surface area (Å²) in [5.74, 6) is 0. The normalized spacial score (nSPS) is 9.80. The summed E-state index contributed by atoms with van der Waals surface area (Å²) in [6, 6.07) is 0. The van der Waals surface area contributed by atoms with E-state index in [9.17, 15) is 0 Å². The van der Waals surface area contributed by atoms with Gasteiger partial charge in [-0.2, -0.15) is 0 Å². The first-order valence-electron chi connectivity index (χ1n) is 1.82. The fourth-order valence-corrected chi connectivity index (χ4v) is 0.167. The maximum absolute atomic E-state index is 3.59. The highest BCUT2D eigenvalue weighted by molar-refractivity contribution is 4.76. The van der Waals surface area contributed by atoms with Gasteiger partial charge in [-0.1, -0.05) is 6.08 Å². The van der Waals surface area contributed by atoms with Crippen molar-refractivity contribution in [3.05, 3.63) is 19.1 Å². The summed E-state index contributed by atoms with van der Waals surface area (Å²) in [5.41, 5.74) is 0. The lowest BCUT2D eigenvalue weighted by molar-refractivity contribution is 1.39. The average molecular weight is 69.1 g/mol. The van der Waals surface area contributed by atoms with Crippen LogP contribution in [0.15, 0.2) is 12.2 Å². The maximum Gasteiger partial charge on any atom is 0.103 e. The molecule has 0 aromatic rings. The molecule has 0 aromatic carbocycles. The van der Waals surface area contributed by atoms with Gasteiger partial charge in [0.05, 0.1) is 6.92 Å². The van der Waals surface area contributed by atoms with Gasteiger partial charge in [-0.05, 0) is 13.0 Å². The molecule has 0 unspecified atom stereocenters. The third-order valence-electron chi connectivity index (χ3n) is 0.402. The van der Waals surface area contributed by atoms with Crippen molar-refractivity contribution < 1.29 is 0 Å². The minimum absolute atomic E-state index is 0.913. The number of hydrogen-bond donors (Lipinski definition) is 0. The molecule has 0 aliphatic rings. The highest BCUT2D eigenvalue weighted by atomic mass is 13.6. The highest BCUT2D eigenvalue weighted by Gasteiger charge is 1.60. The minimum Gasteiger partial charge on any atom is -0.0875 e. The van der Waals surface area contributed by atoms with E-state index in [1.165, 1.54) is 0 Å². The van der Waals surface area contributed by atoms with Gasteiger partial charge in [-0.15, -0.1) is 0 Å². The molecule has 0 aliphatic carbocycles. The molecule has 0 saturated carbocycles. The summed E-state index contributed by atoms with van der Waals surface area (Å²) in [6.07, 6.45) is 4.92. The van der Waals surface area contributed by atoms with Crippen LogP contribution in [0.5, 0.6) is 0 Å². The Bertz CT molecular complexity index is 27.0. The predicted octanol–water partition coefficient (Wildman–Crippen LogP) is 1.79. The lowest BCUT2D eigenvalue weighted by Crippen LogP contribution is -1.44. The monoisotopic (exact) mass is 69.1 g/mol. The van der Waals surface area contributed by atoms with E-state index in [0.717, 1.165) is 6.42 Å². The summed E-state index contributed by atoms with van der Waals surface area (Å²) >= 11 is 0. The van der Waals surface area contributed by atoms with Crippen molar-refractivity contribution in [2.75, 3.05) is 0 Å². The third-order valence-corrected chi connectivity index (χ3v) is 0.402. The van der Waals surface area contributed by atoms with Crippen LogP contribution in [0.1, 0.15) is 13.3 Å². The fraction of sp³-hybridized carbons (Fsp3) is 0.400. The van der Waals surface area contributed by atoms with Crippen LogP contribution < -0.4 is 0 Å². The van der Waals surface area contributed by atoms with E-state index in [-0.39, 0.29) is 0 Å². The lowest BCUT2D eigenvalue weighted by atomic mass is 10.4.